The fraction of sp³-hybridized carbons (Fsp3) is 0.692. The number of aryl methyl sites for hydroxylation is 2. The van der Waals surface area contributed by atoms with E-state index in [0.29, 0.717) is 40.7 Å². The molecule has 1 aromatic heterocycles. The summed E-state index contributed by atoms with van der Waals surface area (Å²) in [5.41, 5.74) is 0.586. The third-order valence-corrected chi connectivity index (χ3v) is 6.96. The van der Waals surface area contributed by atoms with Gasteiger partial charge in [-0.3, -0.25) is 0 Å². The number of alkyl halides is 1. The second-order valence-corrected chi connectivity index (χ2v) is 9.26. The summed E-state index contributed by atoms with van der Waals surface area (Å²) < 4.78 is 32.8. The number of hydrogen-bond acceptors (Lipinski definition) is 4. The van der Waals surface area contributed by atoms with Crippen molar-refractivity contribution >= 4 is 33.4 Å². The molecule has 0 N–H and O–H groups in total. The van der Waals surface area contributed by atoms with Crippen LogP contribution in [0.5, 0.6) is 0 Å². The molecule has 2 atom stereocenters. The van der Waals surface area contributed by atoms with Gasteiger partial charge in [-0.15, -0.1) is 11.6 Å². The lowest BCUT2D eigenvalue weighted by Crippen LogP contribution is -2.44. The van der Waals surface area contributed by atoms with Gasteiger partial charge in [0.25, 0.3) is 0 Å². The van der Waals surface area contributed by atoms with Gasteiger partial charge in [-0.2, -0.15) is 16.1 Å². The highest BCUT2D eigenvalue weighted by Gasteiger charge is 2.36. The lowest BCUT2D eigenvalue weighted by Gasteiger charge is -2.33. The maximum absolute atomic E-state index is 12.9. The van der Waals surface area contributed by atoms with Gasteiger partial charge in [0.1, 0.15) is 16.4 Å². The Kier molecular flexibility index (Phi) is 4.79. The molecule has 0 amide bonds. The summed E-state index contributed by atoms with van der Waals surface area (Å²) >= 11 is 7.73. The van der Waals surface area contributed by atoms with Crippen LogP contribution >= 0.6 is 23.4 Å². The Bertz CT molecular complexity index is 587. The van der Waals surface area contributed by atoms with Crippen molar-refractivity contribution in [3.63, 3.8) is 0 Å². The minimum absolute atomic E-state index is 0.144. The third kappa shape index (κ3) is 2.89. The SMILES string of the molecule is Cc1oc(C)c(S(=O)(=O)N2CC(C)SC(C)C2)c1CCl. The van der Waals surface area contributed by atoms with Gasteiger partial charge in [0.15, 0.2) is 0 Å². The normalized spacial score (nSPS) is 25.1. The van der Waals surface area contributed by atoms with Gasteiger partial charge in [0, 0.05) is 29.2 Å². The third-order valence-electron chi connectivity index (χ3n) is 3.44. The van der Waals surface area contributed by atoms with Crippen molar-refractivity contribution in [2.45, 2.75) is 49.0 Å². The number of rotatable bonds is 3. The van der Waals surface area contributed by atoms with E-state index in [1.165, 1.54) is 0 Å². The molecule has 1 aromatic rings. The van der Waals surface area contributed by atoms with Crippen LogP contribution in [-0.4, -0.2) is 36.3 Å². The smallest absolute Gasteiger partial charge is 0.246 e. The molecule has 4 nitrogen and oxygen atoms in total. The monoisotopic (exact) mass is 337 g/mol. The summed E-state index contributed by atoms with van der Waals surface area (Å²) in [6.07, 6.45) is 0. The molecular weight excluding hydrogens is 318 g/mol. The quantitative estimate of drug-likeness (QED) is 0.795. The molecule has 0 saturated carbocycles. The first-order chi connectivity index (χ1) is 9.27. The van der Waals surface area contributed by atoms with Crippen LogP contribution in [0.3, 0.4) is 0 Å². The average molecular weight is 338 g/mol. The van der Waals surface area contributed by atoms with Crippen molar-refractivity contribution < 1.29 is 12.8 Å². The minimum Gasteiger partial charge on any atom is -0.465 e. The van der Waals surface area contributed by atoms with E-state index in [9.17, 15) is 8.42 Å². The van der Waals surface area contributed by atoms with Gasteiger partial charge < -0.3 is 4.42 Å². The summed E-state index contributed by atoms with van der Waals surface area (Å²) in [4.78, 5) is 0.260. The molecule has 0 aliphatic carbocycles. The van der Waals surface area contributed by atoms with Crippen molar-refractivity contribution in [1.82, 2.24) is 4.31 Å². The Hall–Kier alpha value is -0.170. The van der Waals surface area contributed by atoms with E-state index in [2.05, 4.69) is 13.8 Å². The van der Waals surface area contributed by atoms with Crippen LogP contribution in [0.2, 0.25) is 0 Å². The molecule has 7 heteroatoms. The summed E-state index contributed by atoms with van der Waals surface area (Å²) in [6.45, 7) is 8.60. The van der Waals surface area contributed by atoms with E-state index in [1.807, 2.05) is 11.8 Å². The molecule has 0 aromatic carbocycles. The second kappa shape index (κ2) is 5.91. The molecule has 0 bridgehead atoms. The van der Waals surface area contributed by atoms with Crippen LogP contribution in [0, 0.1) is 13.8 Å². The topological polar surface area (TPSA) is 50.5 Å². The lowest BCUT2D eigenvalue weighted by molar-refractivity contribution is 0.402. The highest BCUT2D eigenvalue weighted by Crippen LogP contribution is 2.34. The number of thioether (sulfide) groups is 1. The lowest BCUT2D eigenvalue weighted by atomic mass is 10.3. The zero-order valence-electron chi connectivity index (χ0n) is 12.1. The number of nitrogens with zero attached hydrogens (tertiary/aromatic N) is 1. The molecule has 2 unspecified atom stereocenters. The van der Waals surface area contributed by atoms with Crippen molar-refractivity contribution in [3.8, 4) is 0 Å². The molecule has 1 aliphatic heterocycles. The van der Waals surface area contributed by atoms with E-state index in [4.69, 9.17) is 16.0 Å². The summed E-state index contributed by atoms with van der Waals surface area (Å²) in [5.74, 6) is 1.16. The minimum atomic E-state index is -3.54. The average Bonchev–Trinajstić information content (AvgIpc) is 2.62. The van der Waals surface area contributed by atoms with Crippen molar-refractivity contribution in [2.24, 2.45) is 0 Å². The Balaban J connectivity index is 2.45. The molecule has 0 spiro atoms. The van der Waals surface area contributed by atoms with E-state index in [-0.39, 0.29) is 10.8 Å². The number of hydrogen-bond donors (Lipinski definition) is 0. The molecule has 114 valence electrons. The molecule has 1 saturated heterocycles. The van der Waals surface area contributed by atoms with Crippen LogP contribution < -0.4 is 0 Å². The van der Waals surface area contributed by atoms with Gasteiger partial charge in [-0.25, -0.2) is 8.42 Å². The largest absolute Gasteiger partial charge is 0.465 e. The maximum Gasteiger partial charge on any atom is 0.246 e. The second-order valence-electron chi connectivity index (χ2n) is 5.24. The fourth-order valence-corrected chi connectivity index (χ4v) is 6.60. The first kappa shape index (κ1) is 16.2. The predicted molar refractivity (Wildman–Crippen MR) is 83.0 cm³/mol. The standard InChI is InChI=1S/C13H20ClNO3S2/c1-8-6-15(7-9(2)19-8)20(16,17)13-11(4)18-10(3)12(13)5-14/h8-9H,5-7H2,1-4H3. The zero-order chi connectivity index (χ0) is 15.1. The first-order valence-corrected chi connectivity index (χ1v) is 9.49. The van der Waals surface area contributed by atoms with Crippen LogP contribution in [0.25, 0.3) is 0 Å². The van der Waals surface area contributed by atoms with E-state index < -0.39 is 10.0 Å². The Morgan fingerprint density at radius 3 is 2.30 bits per heavy atom. The number of sulfonamides is 1. The molecular formula is C13H20ClNO3S2. The Labute approximate surface area is 129 Å². The van der Waals surface area contributed by atoms with Crippen molar-refractivity contribution in [3.05, 3.63) is 17.1 Å². The fourth-order valence-electron chi connectivity index (χ4n) is 2.66. The van der Waals surface area contributed by atoms with Gasteiger partial charge in [-0.1, -0.05) is 13.8 Å². The zero-order valence-corrected chi connectivity index (χ0v) is 14.5. The summed E-state index contributed by atoms with van der Waals surface area (Å²) in [6, 6.07) is 0. The van der Waals surface area contributed by atoms with Crippen molar-refractivity contribution in [1.29, 1.82) is 0 Å². The van der Waals surface area contributed by atoms with Crippen LogP contribution in [0.4, 0.5) is 0 Å². The van der Waals surface area contributed by atoms with Gasteiger partial charge in [-0.05, 0) is 13.8 Å². The van der Waals surface area contributed by atoms with E-state index >= 15 is 0 Å². The van der Waals surface area contributed by atoms with Crippen molar-refractivity contribution in [2.75, 3.05) is 13.1 Å². The molecule has 2 rings (SSSR count). The Morgan fingerprint density at radius 2 is 1.80 bits per heavy atom. The van der Waals surface area contributed by atoms with E-state index in [0.717, 1.165) is 0 Å². The van der Waals surface area contributed by atoms with Crippen LogP contribution in [-0.2, 0) is 15.9 Å². The summed E-state index contributed by atoms with van der Waals surface area (Å²) in [7, 11) is -3.54. The molecule has 1 aliphatic rings. The highest BCUT2D eigenvalue weighted by molar-refractivity contribution is 8.00. The van der Waals surface area contributed by atoms with Gasteiger partial charge in [0.2, 0.25) is 10.0 Å². The van der Waals surface area contributed by atoms with Gasteiger partial charge >= 0.3 is 0 Å². The van der Waals surface area contributed by atoms with E-state index in [1.54, 1.807) is 18.2 Å². The molecule has 0 radical (unpaired) electrons. The van der Waals surface area contributed by atoms with Crippen LogP contribution in [0.1, 0.15) is 30.9 Å². The number of furan rings is 1. The Morgan fingerprint density at radius 1 is 1.25 bits per heavy atom. The predicted octanol–water partition coefficient (Wildman–Crippen LogP) is 3.15. The van der Waals surface area contributed by atoms with Crippen LogP contribution in [0.15, 0.2) is 9.31 Å². The number of halogens is 1. The summed E-state index contributed by atoms with van der Waals surface area (Å²) in [5, 5.41) is 0.586. The molecule has 1 fully saturated rings. The first-order valence-electron chi connectivity index (χ1n) is 6.57. The molecule has 20 heavy (non-hydrogen) atoms. The highest BCUT2D eigenvalue weighted by atomic mass is 35.5. The van der Waals surface area contributed by atoms with Gasteiger partial charge in [0.05, 0.1) is 5.88 Å². The maximum atomic E-state index is 12.9. The molecule has 2 heterocycles.